The second kappa shape index (κ2) is 3.26. The molecule has 78 valence electrons. The third kappa shape index (κ3) is 1.39. The fourth-order valence-corrected chi connectivity index (χ4v) is 2.37. The van der Waals surface area contributed by atoms with E-state index in [0.717, 1.165) is 37.3 Å². The monoisotopic (exact) mass is 203 g/mol. The minimum Gasteiger partial charge on any atom is -0.493 e. The van der Waals surface area contributed by atoms with Gasteiger partial charge in [-0.3, -0.25) is 4.79 Å². The maximum atomic E-state index is 11.3. The molecular formula is C12H13NO2. The number of fused-ring (bicyclic) bond motifs is 3. The van der Waals surface area contributed by atoms with Crippen molar-refractivity contribution < 1.29 is 9.53 Å². The van der Waals surface area contributed by atoms with Crippen molar-refractivity contribution in [2.45, 2.75) is 25.7 Å². The van der Waals surface area contributed by atoms with E-state index in [4.69, 9.17) is 4.74 Å². The Labute approximate surface area is 88.4 Å². The quantitative estimate of drug-likeness (QED) is 0.699. The summed E-state index contributed by atoms with van der Waals surface area (Å²) in [5, 5.41) is 2.92. The van der Waals surface area contributed by atoms with Gasteiger partial charge in [0.25, 0.3) is 0 Å². The minimum atomic E-state index is 0.124. The van der Waals surface area contributed by atoms with Gasteiger partial charge in [-0.05, 0) is 42.5 Å². The standard InChI is InChI=1S/C12H13NO2/c14-12-6-3-8-9-2-1-7-15-11(9)5-4-10(8)13-12/h4-5H,1-3,6-7H2,(H,13,14). The van der Waals surface area contributed by atoms with E-state index in [1.165, 1.54) is 11.1 Å². The van der Waals surface area contributed by atoms with Gasteiger partial charge in [-0.2, -0.15) is 0 Å². The highest BCUT2D eigenvalue weighted by Gasteiger charge is 2.22. The first-order chi connectivity index (χ1) is 7.34. The molecule has 3 heteroatoms. The summed E-state index contributed by atoms with van der Waals surface area (Å²) >= 11 is 0. The van der Waals surface area contributed by atoms with Crippen LogP contribution in [0, 0.1) is 0 Å². The molecule has 0 saturated carbocycles. The van der Waals surface area contributed by atoms with Crippen molar-refractivity contribution in [3.8, 4) is 5.75 Å². The van der Waals surface area contributed by atoms with E-state index in [1.807, 2.05) is 12.1 Å². The Bertz CT molecular complexity index is 426. The molecule has 0 aromatic heterocycles. The van der Waals surface area contributed by atoms with Gasteiger partial charge in [-0.1, -0.05) is 0 Å². The summed E-state index contributed by atoms with van der Waals surface area (Å²) in [5.41, 5.74) is 3.57. The number of rotatable bonds is 0. The van der Waals surface area contributed by atoms with Gasteiger partial charge in [0.2, 0.25) is 5.91 Å². The molecule has 15 heavy (non-hydrogen) atoms. The topological polar surface area (TPSA) is 38.3 Å². The Morgan fingerprint density at radius 2 is 2.07 bits per heavy atom. The Kier molecular flexibility index (Phi) is 1.91. The average Bonchev–Trinajstić information content (AvgIpc) is 2.28. The van der Waals surface area contributed by atoms with Gasteiger partial charge in [0.1, 0.15) is 5.75 Å². The third-order valence-corrected chi connectivity index (χ3v) is 3.09. The van der Waals surface area contributed by atoms with Crippen LogP contribution in [0.1, 0.15) is 24.0 Å². The van der Waals surface area contributed by atoms with Gasteiger partial charge in [-0.25, -0.2) is 0 Å². The molecule has 0 aliphatic carbocycles. The van der Waals surface area contributed by atoms with E-state index in [0.29, 0.717) is 6.42 Å². The molecule has 2 heterocycles. The number of hydrogen-bond acceptors (Lipinski definition) is 2. The smallest absolute Gasteiger partial charge is 0.224 e. The first-order valence-electron chi connectivity index (χ1n) is 5.42. The van der Waals surface area contributed by atoms with Crippen LogP contribution in [0.4, 0.5) is 5.69 Å². The number of ether oxygens (including phenoxy) is 1. The SMILES string of the molecule is O=C1CCc2c(ccc3c2CCCO3)N1. The molecule has 0 radical (unpaired) electrons. The van der Waals surface area contributed by atoms with E-state index < -0.39 is 0 Å². The number of carbonyl (C=O) groups excluding carboxylic acids is 1. The lowest BCUT2D eigenvalue weighted by molar-refractivity contribution is -0.116. The molecule has 3 nitrogen and oxygen atoms in total. The van der Waals surface area contributed by atoms with E-state index in [9.17, 15) is 4.79 Å². The summed E-state index contributed by atoms with van der Waals surface area (Å²) in [7, 11) is 0. The lowest BCUT2D eigenvalue weighted by Crippen LogP contribution is -2.21. The van der Waals surface area contributed by atoms with Gasteiger partial charge < -0.3 is 10.1 Å². The van der Waals surface area contributed by atoms with Crippen molar-refractivity contribution in [1.29, 1.82) is 0 Å². The van der Waals surface area contributed by atoms with E-state index in [2.05, 4.69) is 5.32 Å². The zero-order chi connectivity index (χ0) is 10.3. The van der Waals surface area contributed by atoms with Gasteiger partial charge in [0.05, 0.1) is 6.61 Å². The fraction of sp³-hybridized carbons (Fsp3) is 0.417. The molecule has 0 spiro atoms. The number of amides is 1. The summed E-state index contributed by atoms with van der Waals surface area (Å²) < 4.78 is 5.60. The number of carbonyl (C=O) groups is 1. The third-order valence-electron chi connectivity index (χ3n) is 3.09. The summed E-state index contributed by atoms with van der Waals surface area (Å²) in [6.07, 6.45) is 3.61. The van der Waals surface area contributed by atoms with Crippen LogP contribution in [0.5, 0.6) is 5.75 Å². The highest BCUT2D eigenvalue weighted by Crippen LogP contribution is 2.35. The molecule has 2 aliphatic rings. The van der Waals surface area contributed by atoms with E-state index in [1.54, 1.807) is 0 Å². The van der Waals surface area contributed by atoms with Gasteiger partial charge in [0.15, 0.2) is 0 Å². The first-order valence-corrected chi connectivity index (χ1v) is 5.42. The summed E-state index contributed by atoms with van der Waals surface area (Å²) in [5.74, 6) is 1.13. The average molecular weight is 203 g/mol. The molecule has 1 aromatic carbocycles. The van der Waals surface area contributed by atoms with Crippen molar-refractivity contribution >= 4 is 11.6 Å². The van der Waals surface area contributed by atoms with Crippen molar-refractivity contribution in [2.24, 2.45) is 0 Å². The van der Waals surface area contributed by atoms with Gasteiger partial charge in [-0.15, -0.1) is 0 Å². The lowest BCUT2D eigenvalue weighted by atomic mass is 9.93. The second-order valence-corrected chi connectivity index (χ2v) is 4.07. The maximum absolute atomic E-state index is 11.3. The van der Waals surface area contributed by atoms with Crippen LogP contribution in [-0.2, 0) is 17.6 Å². The summed E-state index contributed by atoms with van der Waals surface area (Å²) in [6.45, 7) is 0.818. The molecule has 2 aliphatic heterocycles. The number of anilines is 1. The van der Waals surface area contributed by atoms with E-state index >= 15 is 0 Å². The molecular weight excluding hydrogens is 190 g/mol. The molecule has 3 rings (SSSR count). The zero-order valence-corrected chi connectivity index (χ0v) is 8.51. The predicted molar refractivity (Wildman–Crippen MR) is 57.2 cm³/mol. The highest BCUT2D eigenvalue weighted by molar-refractivity contribution is 5.94. The Morgan fingerprint density at radius 3 is 3.00 bits per heavy atom. The largest absolute Gasteiger partial charge is 0.493 e. The molecule has 0 atom stereocenters. The number of benzene rings is 1. The maximum Gasteiger partial charge on any atom is 0.224 e. The number of hydrogen-bond donors (Lipinski definition) is 1. The van der Waals surface area contributed by atoms with E-state index in [-0.39, 0.29) is 5.91 Å². The summed E-state index contributed by atoms with van der Waals surface area (Å²) in [4.78, 5) is 11.3. The van der Waals surface area contributed by atoms with Crippen LogP contribution >= 0.6 is 0 Å². The summed E-state index contributed by atoms with van der Waals surface area (Å²) in [6, 6.07) is 3.93. The van der Waals surface area contributed by atoms with Crippen molar-refractivity contribution in [1.82, 2.24) is 0 Å². The Balaban J connectivity index is 2.10. The van der Waals surface area contributed by atoms with Gasteiger partial charge in [0, 0.05) is 12.1 Å². The van der Waals surface area contributed by atoms with Crippen molar-refractivity contribution in [2.75, 3.05) is 11.9 Å². The molecule has 0 unspecified atom stereocenters. The molecule has 1 aromatic rings. The zero-order valence-electron chi connectivity index (χ0n) is 8.51. The normalized spacial score (nSPS) is 18.5. The molecule has 0 saturated heterocycles. The van der Waals surface area contributed by atoms with Gasteiger partial charge >= 0.3 is 0 Å². The van der Waals surface area contributed by atoms with Crippen molar-refractivity contribution in [3.63, 3.8) is 0 Å². The lowest BCUT2D eigenvalue weighted by Gasteiger charge is -2.25. The highest BCUT2D eigenvalue weighted by atomic mass is 16.5. The second-order valence-electron chi connectivity index (χ2n) is 4.07. The predicted octanol–water partition coefficient (Wildman–Crippen LogP) is 1.90. The number of nitrogens with one attached hydrogen (secondary N) is 1. The van der Waals surface area contributed by atoms with Crippen LogP contribution in [0.2, 0.25) is 0 Å². The molecule has 0 bridgehead atoms. The van der Waals surface area contributed by atoms with Crippen LogP contribution in [0.25, 0.3) is 0 Å². The molecule has 0 fully saturated rings. The molecule has 1 amide bonds. The van der Waals surface area contributed by atoms with Crippen molar-refractivity contribution in [3.05, 3.63) is 23.3 Å². The Morgan fingerprint density at radius 1 is 1.13 bits per heavy atom. The molecule has 1 N–H and O–H groups in total. The van der Waals surface area contributed by atoms with Crippen LogP contribution in [0.3, 0.4) is 0 Å². The van der Waals surface area contributed by atoms with Crippen LogP contribution in [0.15, 0.2) is 12.1 Å². The first kappa shape index (κ1) is 8.77. The fourth-order valence-electron chi connectivity index (χ4n) is 2.37. The minimum absolute atomic E-state index is 0.124. The Hall–Kier alpha value is -1.51. The van der Waals surface area contributed by atoms with Crippen LogP contribution in [-0.4, -0.2) is 12.5 Å². The van der Waals surface area contributed by atoms with Crippen LogP contribution < -0.4 is 10.1 Å².